The van der Waals surface area contributed by atoms with Crippen LogP contribution in [-0.4, -0.2) is 32.3 Å². The molecule has 0 fully saturated rings. The summed E-state index contributed by atoms with van der Waals surface area (Å²) in [7, 11) is 4.76. The molecule has 16 heavy (non-hydrogen) atoms. The maximum atomic E-state index is 5.25. The largest absolute Gasteiger partial charge is 0.362 e. The van der Waals surface area contributed by atoms with Gasteiger partial charge in [-0.25, -0.2) is 0 Å². The van der Waals surface area contributed by atoms with Gasteiger partial charge in [-0.1, -0.05) is 0 Å². The third kappa shape index (κ3) is 2.84. The summed E-state index contributed by atoms with van der Waals surface area (Å²) in [6.45, 7) is 4.11. The van der Waals surface area contributed by atoms with E-state index in [9.17, 15) is 0 Å². The fourth-order valence-corrected chi connectivity index (χ4v) is 1.89. The Morgan fingerprint density at radius 3 is 2.06 bits per heavy atom. The monoisotopic (exact) mass is 227 g/mol. The van der Waals surface area contributed by atoms with Gasteiger partial charge in [0.2, 0.25) is 0 Å². The Morgan fingerprint density at radius 1 is 1.12 bits per heavy atom. The summed E-state index contributed by atoms with van der Waals surface area (Å²) in [5, 5.41) is 0. The molecule has 0 spiro atoms. The topological polar surface area (TPSA) is 43.5 Å². The van der Waals surface area contributed by atoms with Gasteiger partial charge in [0.25, 0.3) is 5.97 Å². The molecule has 92 valence electrons. The van der Waals surface area contributed by atoms with Crippen molar-refractivity contribution in [2.24, 2.45) is 0 Å². The smallest absolute Gasteiger partial charge is 0.282 e. The maximum Gasteiger partial charge on any atom is 0.282 e. The van der Waals surface area contributed by atoms with Crippen LogP contribution in [-0.2, 0) is 20.6 Å². The first-order valence-corrected chi connectivity index (χ1v) is 5.37. The fraction of sp³-hybridized carbons (Fsp3) is 0.667. The Bertz CT molecular complexity index is 321. The van der Waals surface area contributed by atoms with Gasteiger partial charge in [-0.3, -0.25) is 0 Å². The van der Waals surface area contributed by atoms with Crippen LogP contribution in [0.5, 0.6) is 0 Å². The molecule has 0 aliphatic carbocycles. The first-order chi connectivity index (χ1) is 7.56. The standard InChI is InChI=1S/C12H21NO3/c1-9-8-11(10(2)13-9)6-7-12(14-3,15-4)16-5/h8,13H,6-7H2,1-5H3. The van der Waals surface area contributed by atoms with Crippen molar-refractivity contribution in [2.75, 3.05) is 21.3 Å². The zero-order chi connectivity index (χ0) is 12.2. The van der Waals surface area contributed by atoms with E-state index >= 15 is 0 Å². The van der Waals surface area contributed by atoms with Crippen molar-refractivity contribution in [1.29, 1.82) is 0 Å². The van der Waals surface area contributed by atoms with Crippen LogP contribution in [0.25, 0.3) is 0 Å². The van der Waals surface area contributed by atoms with Crippen LogP contribution in [0.4, 0.5) is 0 Å². The molecular weight excluding hydrogens is 206 g/mol. The number of nitrogens with one attached hydrogen (secondary N) is 1. The molecule has 0 bridgehead atoms. The van der Waals surface area contributed by atoms with Crippen LogP contribution < -0.4 is 0 Å². The van der Waals surface area contributed by atoms with Crippen LogP contribution in [0.2, 0.25) is 0 Å². The normalized spacial score (nSPS) is 12.1. The van der Waals surface area contributed by atoms with Crippen molar-refractivity contribution in [3.63, 3.8) is 0 Å². The van der Waals surface area contributed by atoms with Crippen molar-refractivity contribution in [3.8, 4) is 0 Å². The van der Waals surface area contributed by atoms with E-state index in [0.29, 0.717) is 6.42 Å². The number of aryl methyl sites for hydroxylation is 3. The maximum absolute atomic E-state index is 5.25. The highest BCUT2D eigenvalue weighted by atomic mass is 16.9. The molecule has 0 saturated heterocycles. The van der Waals surface area contributed by atoms with Crippen LogP contribution in [0.3, 0.4) is 0 Å². The SMILES string of the molecule is COC(CCc1cc(C)[nH]c1C)(OC)OC. The first-order valence-electron chi connectivity index (χ1n) is 5.37. The van der Waals surface area contributed by atoms with Crippen LogP contribution in [0.15, 0.2) is 6.07 Å². The molecule has 0 amide bonds. The highest BCUT2D eigenvalue weighted by Gasteiger charge is 2.29. The van der Waals surface area contributed by atoms with Crippen LogP contribution in [0, 0.1) is 13.8 Å². The van der Waals surface area contributed by atoms with E-state index in [1.54, 1.807) is 21.3 Å². The lowest BCUT2D eigenvalue weighted by Gasteiger charge is -2.28. The van der Waals surface area contributed by atoms with Crippen molar-refractivity contribution < 1.29 is 14.2 Å². The molecule has 4 heteroatoms. The molecule has 4 nitrogen and oxygen atoms in total. The highest BCUT2D eigenvalue weighted by Crippen LogP contribution is 2.21. The predicted octanol–water partition coefficient (Wildman–Crippen LogP) is 2.16. The molecule has 0 radical (unpaired) electrons. The van der Waals surface area contributed by atoms with E-state index in [-0.39, 0.29) is 0 Å². The summed E-state index contributed by atoms with van der Waals surface area (Å²) >= 11 is 0. The second-order valence-electron chi connectivity index (χ2n) is 3.90. The van der Waals surface area contributed by atoms with E-state index in [1.807, 2.05) is 6.92 Å². The van der Waals surface area contributed by atoms with Gasteiger partial charge in [-0.05, 0) is 31.9 Å². The Kier molecular flexibility index (Phi) is 4.53. The van der Waals surface area contributed by atoms with Gasteiger partial charge < -0.3 is 19.2 Å². The molecule has 1 aromatic heterocycles. The van der Waals surface area contributed by atoms with E-state index in [2.05, 4.69) is 18.0 Å². The summed E-state index contributed by atoms with van der Waals surface area (Å²) in [6, 6.07) is 2.14. The Balaban J connectivity index is 2.65. The van der Waals surface area contributed by atoms with Crippen molar-refractivity contribution in [3.05, 3.63) is 23.0 Å². The summed E-state index contributed by atoms with van der Waals surface area (Å²) < 4.78 is 15.8. The first kappa shape index (κ1) is 13.2. The van der Waals surface area contributed by atoms with Crippen molar-refractivity contribution in [2.45, 2.75) is 32.7 Å². The number of H-pyrrole nitrogens is 1. The predicted molar refractivity (Wildman–Crippen MR) is 62.3 cm³/mol. The highest BCUT2D eigenvalue weighted by molar-refractivity contribution is 5.24. The van der Waals surface area contributed by atoms with Crippen molar-refractivity contribution >= 4 is 0 Å². The fourth-order valence-electron chi connectivity index (χ4n) is 1.89. The van der Waals surface area contributed by atoms with Gasteiger partial charge in [-0.2, -0.15) is 0 Å². The summed E-state index contributed by atoms with van der Waals surface area (Å²) in [4.78, 5) is 3.28. The lowest BCUT2D eigenvalue weighted by atomic mass is 10.1. The number of rotatable bonds is 6. The number of aromatic nitrogens is 1. The van der Waals surface area contributed by atoms with E-state index in [1.165, 1.54) is 17.0 Å². The average Bonchev–Trinajstić information content (AvgIpc) is 2.60. The Labute approximate surface area is 96.9 Å². The molecule has 1 aromatic rings. The summed E-state index contributed by atoms with van der Waals surface area (Å²) in [6.07, 6.45) is 1.51. The van der Waals surface area contributed by atoms with Gasteiger partial charge in [0.15, 0.2) is 0 Å². The quantitative estimate of drug-likeness (QED) is 0.757. The minimum atomic E-state index is -0.933. The van der Waals surface area contributed by atoms with Gasteiger partial charge in [0, 0.05) is 39.1 Å². The molecule has 0 aromatic carbocycles. The molecular formula is C12H21NO3. The second kappa shape index (κ2) is 5.48. The van der Waals surface area contributed by atoms with Crippen molar-refractivity contribution in [1.82, 2.24) is 4.98 Å². The minimum Gasteiger partial charge on any atom is -0.362 e. The molecule has 1 heterocycles. The molecule has 0 saturated carbocycles. The summed E-state index contributed by atoms with van der Waals surface area (Å²) in [5.74, 6) is -0.933. The van der Waals surface area contributed by atoms with Gasteiger partial charge >= 0.3 is 0 Å². The number of aromatic amines is 1. The lowest BCUT2D eigenvalue weighted by molar-refractivity contribution is -0.354. The zero-order valence-corrected chi connectivity index (χ0v) is 10.7. The molecule has 1 N–H and O–H groups in total. The molecule has 0 atom stereocenters. The number of hydrogen-bond donors (Lipinski definition) is 1. The third-order valence-electron chi connectivity index (χ3n) is 2.89. The molecule has 0 unspecified atom stereocenters. The molecule has 1 rings (SSSR count). The third-order valence-corrected chi connectivity index (χ3v) is 2.89. The van der Waals surface area contributed by atoms with Gasteiger partial charge in [0.1, 0.15) is 0 Å². The number of ether oxygens (including phenoxy) is 3. The zero-order valence-electron chi connectivity index (χ0n) is 10.7. The average molecular weight is 227 g/mol. The van der Waals surface area contributed by atoms with Gasteiger partial charge in [0.05, 0.1) is 0 Å². The Hall–Kier alpha value is -0.840. The lowest BCUT2D eigenvalue weighted by Crippen LogP contribution is -2.36. The number of hydrogen-bond acceptors (Lipinski definition) is 3. The van der Waals surface area contributed by atoms with E-state index in [0.717, 1.165) is 6.42 Å². The second-order valence-corrected chi connectivity index (χ2v) is 3.90. The summed E-state index contributed by atoms with van der Waals surface area (Å²) in [5.41, 5.74) is 3.63. The van der Waals surface area contributed by atoms with E-state index < -0.39 is 5.97 Å². The minimum absolute atomic E-state index is 0.661. The van der Waals surface area contributed by atoms with E-state index in [4.69, 9.17) is 14.2 Å². The van der Waals surface area contributed by atoms with Crippen LogP contribution in [0.1, 0.15) is 23.4 Å². The Morgan fingerprint density at radius 2 is 1.69 bits per heavy atom. The van der Waals surface area contributed by atoms with Crippen LogP contribution >= 0.6 is 0 Å². The number of methoxy groups -OCH3 is 3. The molecule has 0 aliphatic rings. The van der Waals surface area contributed by atoms with Gasteiger partial charge in [-0.15, -0.1) is 0 Å². The molecule has 0 aliphatic heterocycles.